The van der Waals surface area contributed by atoms with Gasteiger partial charge in [0.15, 0.2) is 11.5 Å². The fourth-order valence-corrected chi connectivity index (χ4v) is 4.36. The highest BCUT2D eigenvalue weighted by Gasteiger charge is 2.30. The smallest absolute Gasteiger partial charge is 0.243 e. The minimum Gasteiger partial charge on any atom is -0.490 e. The summed E-state index contributed by atoms with van der Waals surface area (Å²) in [6.07, 6.45) is 0.267. The molecule has 28 heavy (non-hydrogen) atoms. The Morgan fingerprint density at radius 1 is 1.11 bits per heavy atom. The molecule has 0 radical (unpaired) electrons. The lowest BCUT2D eigenvalue weighted by atomic mass is 10.2. The van der Waals surface area contributed by atoms with Crippen LogP contribution in [0, 0.1) is 0 Å². The second-order valence-electron chi connectivity index (χ2n) is 6.44. The van der Waals surface area contributed by atoms with E-state index in [4.69, 9.17) is 15.2 Å². The van der Waals surface area contributed by atoms with Crippen molar-refractivity contribution in [2.45, 2.75) is 38.1 Å². The SMILES string of the molecule is CCOc1ccc(S(=O)(=O)N2CCN(C(=O)CC(C)N)CC2)cc1OCC.Cl. The van der Waals surface area contributed by atoms with Crippen molar-refractivity contribution in [1.29, 1.82) is 0 Å². The number of rotatable bonds is 8. The van der Waals surface area contributed by atoms with Crippen molar-refractivity contribution < 1.29 is 22.7 Å². The lowest BCUT2D eigenvalue weighted by molar-refractivity contribution is -0.132. The summed E-state index contributed by atoms with van der Waals surface area (Å²) in [5.41, 5.74) is 5.67. The van der Waals surface area contributed by atoms with Gasteiger partial charge in [-0.05, 0) is 32.9 Å². The molecule has 1 aliphatic rings. The number of piperazine rings is 1. The van der Waals surface area contributed by atoms with Gasteiger partial charge in [0.2, 0.25) is 15.9 Å². The molecule has 1 aromatic carbocycles. The number of hydrogen-bond acceptors (Lipinski definition) is 6. The third kappa shape index (κ3) is 5.97. The molecule has 1 fully saturated rings. The van der Waals surface area contributed by atoms with Crippen molar-refractivity contribution in [3.05, 3.63) is 18.2 Å². The van der Waals surface area contributed by atoms with Crippen molar-refractivity contribution in [2.24, 2.45) is 5.73 Å². The van der Waals surface area contributed by atoms with Crippen LogP contribution in [0.1, 0.15) is 27.2 Å². The van der Waals surface area contributed by atoms with Gasteiger partial charge in [0.05, 0.1) is 18.1 Å². The molecular weight excluding hydrogens is 406 g/mol. The standard InChI is InChI=1S/C18H29N3O5S.ClH/c1-4-25-16-7-6-15(13-17(16)26-5-2)27(23,24)21-10-8-20(9-11-21)18(22)12-14(3)19;/h6-7,13-14H,4-5,8-12,19H2,1-3H3;1H. The Morgan fingerprint density at radius 2 is 1.68 bits per heavy atom. The number of amides is 1. The van der Waals surface area contributed by atoms with E-state index >= 15 is 0 Å². The average Bonchev–Trinajstić information content (AvgIpc) is 2.63. The molecule has 0 saturated carbocycles. The predicted molar refractivity (Wildman–Crippen MR) is 110 cm³/mol. The average molecular weight is 436 g/mol. The maximum atomic E-state index is 13.0. The first-order valence-corrected chi connectivity index (χ1v) is 10.7. The third-order valence-corrected chi connectivity index (χ3v) is 6.14. The number of ether oxygens (including phenoxy) is 2. The number of carbonyl (C=O) groups is 1. The topological polar surface area (TPSA) is 102 Å². The van der Waals surface area contributed by atoms with Crippen LogP contribution in [0.15, 0.2) is 23.1 Å². The highest BCUT2D eigenvalue weighted by atomic mass is 35.5. The number of nitrogens with zero attached hydrogens (tertiary/aromatic N) is 2. The van der Waals surface area contributed by atoms with Gasteiger partial charge in [0.1, 0.15) is 0 Å². The van der Waals surface area contributed by atoms with Crippen LogP contribution in [-0.4, -0.2) is 69.0 Å². The Hall–Kier alpha value is -1.55. The van der Waals surface area contributed by atoms with Crippen LogP contribution >= 0.6 is 12.4 Å². The van der Waals surface area contributed by atoms with Crippen LogP contribution in [0.4, 0.5) is 0 Å². The Bertz CT molecular complexity index is 750. The molecule has 0 spiro atoms. The van der Waals surface area contributed by atoms with Crippen LogP contribution in [0.5, 0.6) is 11.5 Å². The van der Waals surface area contributed by atoms with Gasteiger partial charge in [-0.2, -0.15) is 4.31 Å². The first-order valence-electron chi connectivity index (χ1n) is 9.22. The molecule has 0 bridgehead atoms. The van der Waals surface area contributed by atoms with E-state index in [9.17, 15) is 13.2 Å². The third-order valence-electron chi connectivity index (χ3n) is 4.24. The molecule has 1 heterocycles. The summed E-state index contributed by atoms with van der Waals surface area (Å²) in [6, 6.07) is 4.43. The highest BCUT2D eigenvalue weighted by molar-refractivity contribution is 7.89. The zero-order valence-corrected chi connectivity index (χ0v) is 18.2. The van der Waals surface area contributed by atoms with Crippen LogP contribution in [0.2, 0.25) is 0 Å². The van der Waals surface area contributed by atoms with Gasteiger partial charge in [-0.3, -0.25) is 4.79 Å². The highest BCUT2D eigenvalue weighted by Crippen LogP contribution is 2.31. The summed E-state index contributed by atoms with van der Waals surface area (Å²) in [5, 5.41) is 0. The molecule has 1 unspecified atom stereocenters. The molecule has 2 N–H and O–H groups in total. The van der Waals surface area contributed by atoms with E-state index in [0.717, 1.165) is 0 Å². The van der Waals surface area contributed by atoms with Crippen LogP contribution in [0.3, 0.4) is 0 Å². The molecule has 8 nitrogen and oxygen atoms in total. The van der Waals surface area contributed by atoms with E-state index in [1.54, 1.807) is 17.9 Å². The number of hydrogen-bond donors (Lipinski definition) is 1. The number of carbonyl (C=O) groups excluding carboxylic acids is 1. The lowest BCUT2D eigenvalue weighted by Gasteiger charge is -2.34. The van der Waals surface area contributed by atoms with Crippen molar-refractivity contribution in [1.82, 2.24) is 9.21 Å². The van der Waals surface area contributed by atoms with Crippen molar-refractivity contribution in [3.8, 4) is 11.5 Å². The lowest BCUT2D eigenvalue weighted by Crippen LogP contribution is -2.51. The monoisotopic (exact) mass is 435 g/mol. The molecule has 2 rings (SSSR count). The summed E-state index contributed by atoms with van der Waals surface area (Å²) < 4.78 is 38.4. The molecule has 0 aliphatic carbocycles. The number of benzene rings is 1. The Balaban J connectivity index is 0.00000392. The molecule has 160 valence electrons. The summed E-state index contributed by atoms with van der Waals surface area (Å²) in [4.78, 5) is 13.9. The maximum absolute atomic E-state index is 13.0. The van der Waals surface area contributed by atoms with E-state index in [-0.39, 0.29) is 48.8 Å². The summed E-state index contributed by atoms with van der Waals surface area (Å²) in [5.74, 6) is 0.887. The Morgan fingerprint density at radius 3 is 2.21 bits per heavy atom. The molecular formula is C18H30ClN3O5S. The van der Waals surface area contributed by atoms with Crippen molar-refractivity contribution >= 4 is 28.3 Å². The van der Waals surface area contributed by atoms with Gasteiger partial charge in [0, 0.05) is 44.7 Å². The van der Waals surface area contributed by atoms with E-state index in [0.29, 0.717) is 37.8 Å². The molecule has 1 aromatic rings. The summed E-state index contributed by atoms with van der Waals surface area (Å²) in [6.45, 7) is 7.56. The molecule has 1 amide bonds. The predicted octanol–water partition coefficient (Wildman–Crippen LogP) is 1.48. The van der Waals surface area contributed by atoms with Gasteiger partial charge in [-0.15, -0.1) is 12.4 Å². The van der Waals surface area contributed by atoms with Crippen LogP contribution in [0.25, 0.3) is 0 Å². The second kappa shape index (κ2) is 10.8. The number of sulfonamides is 1. The Labute approximate surface area is 173 Å². The zero-order valence-electron chi connectivity index (χ0n) is 16.6. The van der Waals surface area contributed by atoms with E-state index in [2.05, 4.69) is 0 Å². The minimum atomic E-state index is -3.67. The van der Waals surface area contributed by atoms with Crippen molar-refractivity contribution in [3.63, 3.8) is 0 Å². The molecule has 1 atom stereocenters. The van der Waals surface area contributed by atoms with Gasteiger partial charge in [0.25, 0.3) is 0 Å². The van der Waals surface area contributed by atoms with Gasteiger partial charge in [-0.1, -0.05) is 0 Å². The second-order valence-corrected chi connectivity index (χ2v) is 8.38. The number of nitrogens with two attached hydrogens (primary N) is 1. The van der Waals surface area contributed by atoms with Gasteiger partial charge < -0.3 is 20.1 Å². The molecule has 1 saturated heterocycles. The first kappa shape index (κ1) is 24.5. The molecule has 10 heteroatoms. The maximum Gasteiger partial charge on any atom is 0.243 e. The molecule has 0 aromatic heterocycles. The van der Waals surface area contributed by atoms with Crippen LogP contribution < -0.4 is 15.2 Å². The largest absolute Gasteiger partial charge is 0.490 e. The summed E-state index contributed by atoms with van der Waals surface area (Å²) >= 11 is 0. The zero-order chi connectivity index (χ0) is 20.0. The quantitative estimate of drug-likeness (QED) is 0.663. The van der Waals surface area contributed by atoms with Crippen molar-refractivity contribution in [2.75, 3.05) is 39.4 Å². The summed E-state index contributed by atoms with van der Waals surface area (Å²) in [7, 11) is -3.67. The van der Waals surface area contributed by atoms with E-state index in [1.807, 2.05) is 13.8 Å². The fraction of sp³-hybridized carbons (Fsp3) is 0.611. The van der Waals surface area contributed by atoms with Crippen LogP contribution in [-0.2, 0) is 14.8 Å². The number of halogens is 1. The van der Waals surface area contributed by atoms with E-state index in [1.165, 1.54) is 16.4 Å². The van der Waals surface area contributed by atoms with Gasteiger partial charge >= 0.3 is 0 Å². The van der Waals surface area contributed by atoms with Gasteiger partial charge in [-0.25, -0.2) is 8.42 Å². The first-order chi connectivity index (χ1) is 12.8. The van der Waals surface area contributed by atoms with E-state index < -0.39 is 10.0 Å². The normalized spacial score (nSPS) is 16.2. The Kier molecular flexibility index (Phi) is 9.49. The minimum absolute atomic E-state index is 0. The molecule has 1 aliphatic heterocycles. The fourth-order valence-electron chi connectivity index (χ4n) is 2.92.